The van der Waals surface area contributed by atoms with E-state index in [0.29, 0.717) is 21.8 Å². The highest BCUT2D eigenvalue weighted by Gasteiger charge is 2.26. The summed E-state index contributed by atoms with van der Waals surface area (Å²) in [5, 5.41) is 17.1. The van der Waals surface area contributed by atoms with Crippen LogP contribution in [0, 0.1) is 6.92 Å². The predicted molar refractivity (Wildman–Crippen MR) is 151 cm³/mol. The van der Waals surface area contributed by atoms with Gasteiger partial charge in [0.25, 0.3) is 5.91 Å². The number of aliphatic carboxylic acids is 1. The Balaban J connectivity index is 1.69. The minimum atomic E-state index is -1.06. The van der Waals surface area contributed by atoms with Crippen LogP contribution in [0.5, 0.6) is 0 Å². The molecule has 0 aliphatic carbocycles. The summed E-state index contributed by atoms with van der Waals surface area (Å²) in [7, 11) is 0. The number of esters is 1. The molecule has 0 atom stereocenters. The third-order valence-corrected chi connectivity index (χ3v) is 7.37. The van der Waals surface area contributed by atoms with E-state index in [1.54, 1.807) is 62.4 Å². The Hall–Kier alpha value is -4.16. The van der Waals surface area contributed by atoms with Crippen LogP contribution in [0.1, 0.15) is 45.4 Å². The highest BCUT2D eigenvalue weighted by Crippen LogP contribution is 2.35. The van der Waals surface area contributed by atoms with Crippen LogP contribution >= 0.6 is 23.1 Å². The number of nitrogens with one attached hydrogen (secondary N) is 3. The lowest BCUT2D eigenvalue weighted by atomic mass is 10.1. The lowest BCUT2D eigenvalue weighted by Gasteiger charge is -2.08. The minimum absolute atomic E-state index is 0.0127. The van der Waals surface area contributed by atoms with Crippen molar-refractivity contribution in [3.8, 4) is 0 Å². The molecule has 3 rings (SSSR count). The molecule has 3 aromatic rings. The maximum Gasteiger partial charge on any atom is 0.341 e. The van der Waals surface area contributed by atoms with Crippen LogP contribution in [0.25, 0.3) is 0 Å². The summed E-state index contributed by atoms with van der Waals surface area (Å²) in [5.41, 5.74) is 1.60. The van der Waals surface area contributed by atoms with E-state index in [4.69, 9.17) is 9.84 Å². The van der Waals surface area contributed by atoms with Gasteiger partial charge < -0.3 is 25.8 Å². The summed E-state index contributed by atoms with van der Waals surface area (Å²) >= 11 is 2.19. The van der Waals surface area contributed by atoms with Gasteiger partial charge in [-0.25, -0.2) is 4.79 Å². The highest BCUT2D eigenvalue weighted by molar-refractivity contribution is 8.00. The summed E-state index contributed by atoms with van der Waals surface area (Å²) in [6, 6.07) is 15.7. The summed E-state index contributed by atoms with van der Waals surface area (Å²) in [5.74, 6) is -2.95. The monoisotopic (exact) mass is 569 g/mol. The fourth-order valence-corrected chi connectivity index (χ4v) is 5.26. The van der Waals surface area contributed by atoms with Crippen LogP contribution in [-0.2, 0) is 19.1 Å². The number of carbonyl (C=O) groups excluding carboxylic acids is 4. The number of hydrogen-bond acceptors (Lipinski definition) is 8. The maximum absolute atomic E-state index is 12.9. The lowest BCUT2D eigenvalue weighted by Crippen LogP contribution is -2.16. The van der Waals surface area contributed by atoms with E-state index in [-0.39, 0.29) is 40.6 Å². The molecule has 39 heavy (non-hydrogen) atoms. The van der Waals surface area contributed by atoms with Crippen LogP contribution in [0.3, 0.4) is 0 Å². The number of rotatable bonds is 12. The summed E-state index contributed by atoms with van der Waals surface area (Å²) < 4.78 is 5.16. The molecule has 0 aliphatic heterocycles. The number of benzene rings is 2. The minimum Gasteiger partial charge on any atom is -0.481 e. The Labute approximate surface area is 233 Å². The number of thiophene rings is 1. The van der Waals surface area contributed by atoms with Gasteiger partial charge in [-0.1, -0.05) is 24.3 Å². The zero-order chi connectivity index (χ0) is 28.4. The number of carboxylic acid groups (broad SMARTS) is 1. The lowest BCUT2D eigenvalue weighted by molar-refractivity contribution is -0.138. The van der Waals surface area contributed by atoms with Gasteiger partial charge in [-0.2, -0.15) is 0 Å². The average molecular weight is 570 g/mol. The molecule has 3 amide bonds. The van der Waals surface area contributed by atoms with E-state index in [2.05, 4.69) is 16.0 Å². The molecular weight excluding hydrogens is 542 g/mol. The Morgan fingerprint density at radius 3 is 2.31 bits per heavy atom. The van der Waals surface area contributed by atoms with Gasteiger partial charge in [0.05, 0.1) is 29.2 Å². The third kappa shape index (κ3) is 8.69. The predicted octanol–water partition coefficient (Wildman–Crippen LogP) is 5.02. The molecule has 0 aliphatic rings. The van der Waals surface area contributed by atoms with Crippen molar-refractivity contribution in [2.45, 2.75) is 31.6 Å². The molecule has 2 aromatic carbocycles. The molecule has 12 heteroatoms. The molecule has 1 heterocycles. The first kappa shape index (κ1) is 29.4. The van der Waals surface area contributed by atoms with Crippen molar-refractivity contribution < 1.29 is 33.8 Å². The standard InChI is InChI=1S/C27H27N3O7S2/c1-3-37-27(36)23-16(2)24(25(35)29-17-8-5-4-6-9-17)39-26(23)30-21(32)15-38-19-11-7-10-18(14-19)28-20(31)12-13-22(33)34/h4-11,14H,3,12-13,15H2,1-2H3,(H,28,31)(H,29,35)(H,30,32)(H,33,34). The number of carbonyl (C=O) groups is 5. The number of hydrogen-bond donors (Lipinski definition) is 4. The zero-order valence-corrected chi connectivity index (χ0v) is 22.9. The van der Waals surface area contributed by atoms with Gasteiger partial charge in [-0.15, -0.1) is 23.1 Å². The topological polar surface area (TPSA) is 151 Å². The molecule has 0 saturated carbocycles. The Kier molecular flexibility index (Phi) is 10.6. The normalized spacial score (nSPS) is 10.4. The number of para-hydroxylation sites is 1. The fourth-order valence-electron chi connectivity index (χ4n) is 3.40. The van der Waals surface area contributed by atoms with Gasteiger partial charge in [0.2, 0.25) is 11.8 Å². The number of amides is 3. The summed E-state index contributed by atoms with van der Waals surface area (Å²) in [6.45, 7) is 3.43. The Bertz CT molecular complexity index is 1370. The maximum atomic E-state index is 12.9. The van der Waals surface area contributed by atoms with E-state index < -0.39 is 29.7 Å². The van der Waals surface area contributed by atoms with Gasteiger partial charge in [0.15, 0.2) is 0 Å². The van der Waals surface area contributed by atoms with E-state index in [1.807, 2.05) is 6.07 Å². The van der Waals surface area contributed by atoms with Crippen molar-refractivity contribution in [2.75, 3.05) is 28.3 Å². The van der Waals surface area contributed by atoms with Crippen molar-refractivity contribution in [3.05, 3.63) is 70.6 Å². The van der Waals surface area contributed by atoms with Crippen LogP contribution < -0.4 is 16.0 Å². The Morgan fingerprint density at radius 2 is 1.62 bits per heavy atom. The zero-order valence-electron chi connectivity index (χ0n) is 21.2. The van der Waals surface area contributed by atoms with E-state index in [9.17, 15) is 24.0 Å². The van der Waals surface area contributed by atoms with Gasteiger partial charge in [0, 0.05) is 22.7 Å². The third-order valence-electron chi connectivity index (χ3n) is 5.17. The van der Waals surface area contributed by atoms with Crippen molar-refractivity contribution in [1.82, 2.24) is 0 Å². The molecule has 204 valence electrons. The van der Waals surface area contributed by atoms with Crippen molar-refractivity contribution in [1.29, 1.82) is 0 Å². The second-order valence-corrected chi connectivity index (χ2v) is 10.2. The molecule has 1 aromatic heterocycles. The second kappa shape index (κ2) is 14.1. The number of carboxylic acids is 1. The summed E-state index contributed by atoms with van der Waals surface area (Å²) in [4.78, 5) is 61.9. The smallest absolute Gasteiger partial charge is 0.341 e. The molecule has 0 spiro atoms. The molecule has 10 nitrogen and oxygen atoms in total. The highest BCUT2D eigenvalue weighted by atomic mass is 32.2. The van der Waals surface area contributed by atoms with Crippen molar-refractivity contribution in [2.24, 2.45) is 0 Å². The molecule has 0 radical (unpaired) electrons. The van der Waals surface area contributed by atoms with Crippen molar-refractivity contribution >= 4 is 69.1 Å². The number of ether oxygens (including phenoxy) is 1. The average Bonchev–Trinajstić information content (AvgIpc) is 3.22. The van der Waals surface area contributed by atoms with Crippen LogP contribution in [0.4, 0.5) is 16.4 Å². The number of anilines is 3. The van der Waals surface area contributed by atoms with E-state index in [0.717, 1.165) is 11.3 Å². The molecule has 4 N–H and O–H groups in total. The largest absolute Gasteiger partial charge is 0.481 e. The second-order valence-electron chi connectivity index (χ2n) is 8.11. The van der Waals surface area contributed by atoms with Crippen LogP contribution in [0.15, 0.2) is 59.5 Å². The van der Waals surface area contributed by atoms with Gasteiger partial charge in [0.1, 0.15) is 5.00 Å². The first-order chi connectivity index (χ1) is 18.7. The van der Waals surface area contributed by atoms with Gasteiger partial charge in [-0.05, 0) is 49.7 Å². The first-order valence-corrected chi connectivity index (χ1v) is 13.7. The summed E-state index contributed by atoms with van der Waals surface area (Å²) in [6.07, 6.45) is -0.421. The van der Waals surface area contributed by atoms with Crippen molar-refractivity contribution in [3.63, 3.8) is 0 Å². The first-order valence-electron chi connectivity index (χ1n) is 11.9. The Morgan fingerprint density at radius 1 is 0.897 bits per heavy atom. The molecule has 0 bridgehead atoms. The quantitative estimate of drug-likeness (QED) is 0.175. The number of thioether (sulfide) groups is 1. The molecule has 0 fully saturated rings. The van der Waals surface area contributed by atoms with Crippen LogP contribution in [-0.4, -0.2) is 47.1 Å². The molecule has 0 saturated heterocycles. The molecular formula is C27H27N3O7S2. The van der Waals surface area contributed by atoms with Crippen LogP contribution in [0.2, 0.25) is 0 Å². The van der Waals surface area contributed by atoms with E-state index >= 15 is 0 Å². The SMILES string of the molecule is CCOC(=O)c1c(NC(=O)CSc2cccc(NC(=O)CCC(=O)O)c2)sc(C(=O)Nc2ccccc2)c1C. The van der Waals surface area contributed by atoms with Gasteiger partial charge >= 0.3 is 11.9 Å². The fraction of sp³-hybridized carbons (Fsp3) is 0.222. The van der Waals surface area contributed by atoms with Gasteiger partial charge in [-0.3, -0.25) is 19.2 Å². The van der Waals surface area contributed by atoms with E-state index in [1.165, 1.54) is 11.8 Å². The molecule has 0 unspecified atom stereocenters.